The SMILES string of the molecule is CCCCCCCCCCCCCCCCCC1N(CCCCCC)C=CN1Cc1ccccc1. The number of unbranched alkanes of at least 4 members (excludes halogenated alkanes) is 17. The maximum atomic E-state index is 2.63. The highest BCUT2D eigenvalue weighted by atomic mass is 15.4. The van der Waals surface area contributed by atoms with Gasteiger partial charge < -0.3 is 9.80 Å². The van der Waals surface area contributed by atoms with Crippen LogP contribution in [0.4, 0.5) is 0 Å². The van der Waals surface area contributed by atoms with Gasteiger partial charge in [-0.3, -0.25) is 0 Å². The second kappa shape index (κ2) is 20.7. The van der Waals surface area contributed by atoms with Crippen LogP contribution in [0.5, 0.6) is 0 Å². The lowest BCUT2D eigenvalue weighted by Gasteiger charge is -2.33. The molecule has 0 spiro atoms. The Hall–Kier alpha value is -1.44. The highest BCUT2D eigenvalue weighted by Crippen LogP contribution is 2.25. The van der Waals surface area contributed by atoms with Gasteiger partial charge in [0.2, 0.25) is 0 Å². The summed E-state index contributed by atoms with van der Waals surface area (Å²) in [6, 6.07) is 11.0. The Bertz CT molecular complexity index is 611. The van der Waals surface area contributed by atoms with E-state index < -0.39 is 0 Å². The summed E-state index contributed by atoms with van der Waals surface area (Å²) in [5, 5.41) is 0. The fourth-order valence-corrected chi connectivity index (χ4v) is 5.49. The van der Waals surface area contributed by atoms with Gasteiger partial charge in [-0.05, 0) is 24.8 Å². The summed E-state index contributed by atoms with van der Waals surface area (Å²) in [6.45, 7) is 6.85. The van der Waals surface area contributed by atoms with E-state index in [0.717, 1.165) is 6.54 Å². The second-order valence-corrected chi connectivity index (χ2v) is 11.0. The van der Waals surface area contributed by atoms with Gasteiger partial charge >= 0.3 is 0 Å². The Kier molecular flexibility index (Phi) is 17.6. The molecule has 0 saturated carbocycles. The lowest BCUT2D eigenvalue weighted by atomic mass is 10.0. The van der Waals surface area contributed by atoms with Crippen LogP contribution in [0.1, 0.15) is 148 Å². The van der Waals surface area contributed by atoms with Crippen molar-refractivity contribution in [2.24, 2.45) is 0 Å². The molecule has 2 nitrogen and oxygen atoms in total. The van der Waals surface area contributed by atoms with Gasteiger partial charge in [-0.25, -0.2) is 0 Å². The maximum Gasteiger partial charge on any atom is 0.101 e. The molecular weight excluding hydrogens is 424 g/mol. The summed E-state index contributed by atoms with van der Waals surface area (Å²) in [5.74, 6) is 0. The molecule has 0 fully saturated rings. The first-order chi connectivity index (χ1) is 17.3. The topological polar surface area (TPSA) is 6.48 Å². The molecule has 1 aromatic carbocycles. The van der Waals surface area contributed by atoms with E-state index in [-0.39, 0.29) is 0 Å². The van der Waals surface area contributed by atoms with E-state index in [9.17, 15) is 0 Å². The summed E-state index contributed by atoms with van der Waals surface area (Å²) in [5.41, 5.74) is 1.42. The molecule has 35 heavy (non-hydrogen) atoms. The zero-order valence-corrected chi connectivity index (χ0v) is 23.6. The third-order valence-electron chi connectivity index (χ3n) is 7.76. The van der Waals surface area contributed by atoms with Gasteiger partial charge in [0.15, 0.2) is 0 Å². The predicted molar refractivity (Wildman–Crippen MR) is 155 cm³/mol. The average Bonchev–Trinajstić information content (AvgIpc) is 3.25. The van der Waals surface area contributed by atoms with Crippen molar-refractivity contribution >= 4 is 0 Å². The van der Waals surface area contributed by atoms with Crippen molar-refractivity contribution in [2.45, 2.75) is 155 Å². The lowest BCUT2D eigenvalue weighted by Crippen LogP contribution is -2.38. The molecule has 1 atom stereocenters. The summed E-state index contributed by atoms with van der Waals surface area (Å²) in [4.78, 5) is 5.21. The minimum atomic E-state index is 0.554. The third-order valence-corrected chi connectivity index (χ3v) is 7.76. The molecule has 1 aliphatic heterocycles. The van der Waals surface area contributed by atoms with Crippen LogP contribution in [0.15, 0.2) is 42.7 Å². The minimum absolute atomic E-state index is 0.554. The third kappa shape index (κ3) is 14.0. The number of benzene rings is 1. The van der Waals surface area contributed by atoms with Crippen LogP contribution in [0, 0.1) is 0 Å². The number of hydrogen-bond acceptors (Lipinski definition) is 2. The van der Waals surface area contributed by atoms with Gasteiger partial charge in [0.25, 0.3) is 0 Å². The van der Waals surface area contributed by atoms with Crippen LogP contribution < -0.4 is 0 Å². The van der Waals surface area contributed by atoms with Crippen molar-refractivity contribution in [3.8, 4) is 0 Å². The Balaban J connectivity index is 1.55. The molecule has 0 N–H and O–H groups in total. The summed E-state index contributed by atoms with van der Waals surface area (Å²) in [6.07, 6.45) is 33.5. The first-order valence-corrected chi connectivity index (χ1v) is 15.6. The van der Waals surface area contributed by atoms with Crippen molar-refractivity contribution < 1.29 is 0 Å². The molecule has 0 aromatic heterocycles. The zero-order chi connectivity index (χ0) is 24.8. The smallest absolute Gasteiger partial charge is 0.101 e. The highest BCUT2D eigenvalue weighted by Gasteiger charge is 2.25. The van der Waals surface area contributed by atoms with Crippen molar-refractivity contribution in [1.82, 2.24) is 9.80 Å². The van der Waals surface area contributed by atoms with Crippen LogP contribution in [0.3, 0.4) is 0 Å². The maximum absolute atomic E-state index is 2.63. The van der Waals surface area contributed by atoms with E-state index >= 15 is 0 Å². The molecule has 1 unspecified atom stereocenters. The van der Waals surface area contributed by atoms with Gasteiger partial charge in [-0.15, -0.1) is 0 Å². The zero-order valence-electron chi connectivity index (χ0n) is 23.6. The fraction of sp³-hybridized carbons (Fsp3) is 0.758. The standard InChI is InChI=1S/C33H58N2/c1-3-5-7-9-10-11-12-13-14-15-16-17-18-19-23-27-33-34(28-24-8-6-4-2)29-30-35(33)31-32-25-21-20-22-26-32/h20-22,25-26,29-30,33H,3-19,23-24,27-28,31H2,1-2H3. The van der Waals surface area contributed by atoms with E-state index in [1.807, 2.05) is 0 Å². The van der Waals surface area contributed by atoms with Gasteiger partial charge in [-0.2, -0.15) is 0 Å². The van der Waals surface area contributed by atoms with Crippen LogP contribution in [-0.4, -0.2) is 22.5 Å². The quantitative estimate of drug-likeness (QED) is 0.143. The van der Waals surface area contributed by atoms with Crippen molar-refractivity contribution in [1.29, 1.82) is 0 Å². The normalized spacial score (nSPS) is 15.4. The first kappa shape index (κ1) is 29.8. The second-order valence-electron chi connectivity index (χ2n) is 11.0. The molecule has 2 heteroatoms. The Morgan fingerprint density at radius 1 is 0.514 bits per heavy atom. The molecule has 1 heterocycles. The lowest BCUT2D eigenvalue weighted by molar-refractivity contribution is 0.132. The fourth-order valence-electron chi connectivity index (χ4n) is 5.49. The van der Waals surface area contributed by atoms with Crippen LogP contribution >= 0.6 is 0 Å². The van der Waals surface area contributed by atoms with E-state index in [1.165, 1.54) is 141 Å². The van der Waals surface area contributed by atoms with Crippen LogP contribution in [-0.2, 0) is 6.54 Å². The van der Waals surface area contributed by atoms with Gasteiger partial charge in [-0.1, -0.05) is 153 Å². The van der Waals surface area contributed by atoms with Crippen LogP contribution in [0.25, 0.3) is 0 Å². The minimum Gasteiger partial charge on any atom is -0.356 e. The molecule has 1 aliphatic rings. The molecule has 0 radical (unpaired) electrons. The summed E-state index contributed by atoms with van der Waals surface area (Å²) in [7, 11) is 0. The number of rotatable bonds is 23. The largest absolute Gasteiger partial charge is 0.356 e. The van der Waals surface area contributed by atoms with E-state index in [4.69, 9.17) is 0 Å². The number of hydrogen-bond donors (Lipinski definition) is 0. The summed E-state index contributed by atoms with van der Waals surface area (Å²) >= 11 is 0. The average molecular weight is 483 g/mol. The number of nitrogens with zero attached hydrogens (tertiary/aromatic N) is 2. The molecule has 200 valence electrons. The van der Waals surface area contributed by atoms with E-state index in [0.29, 0.717) is 6.17 Å². The van der Waals surface area contributed by atoms with E-state index in [1.54, 1.807) is 0 Å². The Morgan fingerprint density at radius 3 is 1.51 bits per heavy atom. The molecule has 0 saturated heterocycles. The van der Waals surface area contributed by atoms with E-state index in [2.05, 4.69) is 66.4 Å². The molecule has 1 aromatic rings. The monoisotopic (exact) mass is 482 g/mol. The van der Waals surface area contributed by atoms with Gasteiger partial charge in [0.05, 0.1) is 0 Å². The first-order valence-electron chi connectivity index (χ1n) is 15.6. The molecule has 2 rings (SSSR count). The molecule has 0 aliphatic carbocycles. The predicted octanol–water partition coefficient (Wildman–Crippen LogP) is 10.4. The molecule has 0 bridgehead atoms. The Labute approximate surface area is 219 Å². The Morgan fingerprint density at radius 2 is 0.971 bits per heavy atom. The van der Waals surface area contributed by atoms with Crippen molar-refractivity contribution in [3.63, 3.8) is 0 Å². The van der Waals surface area contributed by atoms with Crippen LogP contribution in [0.2, 0.25) is 0 Å². The highest BCUT2D eigenvalue weighted by molar-refractivity contribution is 5.15. The molecular formula is C33H58N2. The molecule has 0 amide bonds. The van der Waals surface area contributed by atoms with Gasteiger partial charge in [0, 0.05) is 25.5 Å². The van der Waals surface area contributed by atoms with Gasteiger partial charge in [0.1, 0.15) is 6.17 Å². The van der Waals surface area contributed by atoms with Crippen molar-refractivity contribution in [3.05, 3.63) is 48.3 Å². The summed E-state index contributed by atoms with van der Waals surface area (Å²) < 4.78 is 0. The van der Waals surface area contributed by atoms with Crippen molar-refractivity contribution in [2.75, 3.05) is 6.54 Å².